The van der Waals surface area contributed by atoms with Crippen molar-refractivity contribution in [1.82, 2.24) is 4.72 Å². The van der Waals surface area contributed by atoms with Crippen molar-refractivity contribution in [3.05, 3.63) is 58.3 Å². The minimum absolute atomic E-state index is 0.0273. The van der Waals surface area contributed by atoms with Gasteiger partial charge in [-0.05, 0) is 37.3 Å². The van der Waals surface area contributed by atoms with Gasteiger partial charge < -0.3 is 15.2 Å². The highest BCUT2D eigenvalue weighted by Crippen LogP contribution is 2.25. The highest BCUT2D eigenvalue weighted by molar-refractivity contribution is 7.89. The highest BCUT2D eigenvalue weighted by Gasteiger charge is 2.31. The van der Waals surface area contributed by atoms with Crippen molar-refractivity contribution >= 4 is 50.8 Å². The Hall–Kier alpha value is -2.24. The Balaban J connectivity index is 2.04. The lowest BCUT2D eigenvalue weighted by Crippen LogP contribution is -2.48. The number of amides is 1. The molecule has 0 fully saturated rings. The first kappa shape index (κ1) is 24.0. The maximum Gasteiger partial charge on any atom is 0.327 e. The molecule has 2 aromatic rings. The molecule has 0 radical (unpaired) electrons. The molecule has 30 heavy (non-hydrogen) atoms. The van der Waals surface area contributed by atoms with Crippen molar-refractivity contribution in [3.63, 3.8) is 0 Å². The van der Waals surface area contributed by atoms with E-state index in [0.717, 1.165) is 25.1 Å². The first-order valence-electron chi connectivity index (χ1n) is 8.37. The van der Waals surface area contributed by atoms with Gasteiger partial charge in [0.15, 0.2) is 6.61 Å². The lowest BCUT2D eigenvalue weighted by molar-refractivity contribution is -0.151. The summed E-state index contributed by atoms with van der Waals surface area (Å²) in [6.45, 7) is 0.327. The summed E-state index contributed by atoms with van der Waals surface area (Å²) < 4.78 is 45.2. The van der Waals surface area contributed by atoms with Crippen molar-refractivity contribution in [1.29, 1.82) is 0 Å². The first-order chi connectivity index (χ1) is 14.0. The number of anilines is 1. The molecular weight excluding hydrogens is 462 g/mol. The summed E-state index contributed by atoms with van der Waals surface area (Å²) >= 11 is 11.6. The third-order valence-corrected chi connectivity index (χ3v) is 5.89. The number of benzene rings is 2. The van der Waals surface area contributed by atoms with E-state index in [1.165, 1.54) is 24.3 Å². The quantitative estimate of drug-likeness (QED) is 0.500. The van der Waals surface area contributed by atoms with Gasteiger partial charge in [0.1, 0.15) is 11.9 Å². The Labute approximate surface area is 182 Å². The number of carbonyl (C=O) groups excluding carboxylic acids is 2. The number of nitrogens with one attached hydrogen (secondary N) is 2. The number of aliphatic hydroxyl groups is 1. The van der Waals surface area contributed by atoms with Crippen LogP contribution in [0.1, 0.15) is 6.92 Å². The van der Waals surface area contributed by atoms with Crippen LogP contribution in [-0.4, -0.2) is 44.2 Å². The molecule has 0 aliphatic heterocycles. The molecule has 1 amide bonds. The van der Waals surface area contributed by atoms with E-state index in [2.05, 4.69) is 5.32 Å². The zero-order valence-corrected chi connectivity index (χ0v) is 17.8. The Morgan fingerprint density at radius 2 is 1.83 bits per heavy atom. The molecule has 0 aliphatic carbocycles. The fourth-order valence-corrected chi connectivity index (χ4v) is 3.84. The summed E-state index contributed by atoms with van der Waals surface area (Å²) in [5.74, 6) is -2.75. The monoisotopic (exact) mass is 478 g/mol. The van der Waals surface area contributed by atoms with Crippen molar-refractivity contribution in [2.24, 2.45) is 0 Å². The minimum atomic E-state index is -4.29. The number of halogens is 3. The Bertz CT molecular complexity index is 1050. The predicted molar refractivity (Wildman–Crippen MR) is 108 cm³/mol. The number of esters is 1. The van der Waals surface area contributed by atoms with Gasteiger partial charge >= 0.3 is 5.97 Å². The van der Waals surface area contributed by atoms with Gasteiger partial charge in [-0.2, -0.15) is 4.72 Å². The van der Waals surface area contributed by atoms with E-state index in [1.807, 2.05) is 4.72 Å². The number of hydrogen-bond acceptors (Lipinski definition) is 6. The normalized spacial score (nSPS) is 13.4. The second-order valence-electron chi connectivity index (χ2n) is 6.05. The number of aliphatic hydroxyl groups excluding tert-OH is 1. The maximum atomic E-state index is 13.5. The van der Waals surface area contributed by atoms with Crippen molar-refractivity contribution < 1.29 is 32.2 Å². The van der Waals surface area contributed by atoms with Crippen LogP contribution in [0.5, 0.6) is 0 Å². The third-order valence-electron chi connectivity index (χ3n) is 3.71. The largest absolute Gasteiger partial charge is 0.454 e. The van der Waals surface area contributed by atoms with E-state index < -0.39 is 46.5 Å². The smallest absolute Gasteiger partial charge is 0.327 e. The molecule has 0 aliphatic rings. The summed E-state index contributed by atoms with van der Waals surface area (Å²) in [5, 5.41) is 12.1. The molecule has 0 heterocycles. The van der Waals surface area contributed by atoms with Crippen LogP contribution in [0.15, 0.2) is 47.4 Å². The molecule has 2 unspecified atom stereocenters. The fraction of sp³-hybridized carbons (Fsp3) is 0.222. The second-order valence-corrected chi connectivity index (χ2v) is 8.58. The molecule has 0 bridgehead atoms. The molecule has 12 heteroatoms. The fourth-order valence-electron chi connectivity index (χ4n) is 2.20. The molecule has 2 atom stereocenters. The van der Waals surface area contributed by atoms with E-state index in [9.17, 15) is 27.5 Å². The van der Waals surface area contributed by atoms with E-state index in [0.29, 0.717) is 0 Å². The average Bonchev–Trinajstić information content (AvgIpc) is 2.68. The zero-order valence-electron chi connectivity index (χ0n) is 15.4. The van der Waals surface area contributed by atoms with Crippen molar-refractivity contribution in [2.45, 2.75) is 24.0 Å². The van der Waals surface area contributed by atoms with Crippen LogP contribution in [0.2, 0.25) is 10.0 Å². The van der Waals surface area contributed by atoms with E-state index in [-0.39, 0.29) is 20.6 Å². The van der Waals surface area contributed by atoms with Crippen molar-refractivity contribution in [3.8, 4) is 0 Å². The Morgan fingerprint density at radius 1 is 1.17 bits per heavy atom. The van der Waals surface area contributed by atoms with Gasteiger partial charge in [0, 0.05) is 0 Å². The predicted octanol–water partition coefficient (Wildman–Crippen LogP) is 2.34. The summed E-state index contributed by atoms with van der Waals surface area (Å²) in [6, 6.07) is 7.11. The van der Waals surface area contributed by atoms with Gasteiger partial charge in [-0.15, -0.1) is 0 Å². The summed E-state index contributed by atoms with van der Waals surface area (Å²) in [4.78, 5) is 23.8. The van der Waals surface area contributed by atoms with Gasteiger partial charge in [-0.3, -0.25) is 9.59 Å². The molecule has 0 saturated carbocycles. The van der Waals surface area contributed by atoms with Crippen LogP contribution < -0.4 is 10.0 Å². The SMILES string of the molecule is CC(O)C(NS(=O)(=O)c1ccc(Cl)c(Cl)c1)C(=O)OCC(=O)Nc1ccccc1F. The van der Waals surface area contributed by atoms with Crippen LogP contribution in [0.4, 0.5) is 10.1 Å². The number of sulfonamides is 1. The lowest BCUT2D eigenvalue weighted by Gasteiger charge is -2.20. The number of carbonyl (C=O) groups is 2. The first-order valence-corrected chi connectivity index (χ1v) is 10.6. The molecule has 0 spiro atoms. The standard InChI is InChI=1S/C18H17Cl2FN2O6S/c1-10(24)17(23-30(27,28)11-6-7-12(19)13(20)8-11)18(26)29-9-16(25)22-15-5-3-2-4-14(15)21/h2-8,10,17,23-24H,9H2,1H3,(H,22,25). The van der Waals surface area contributed by atoms with Crippen LogP contribution >= 0.6 is 23.2 Å². The number of para-hydroxylation sites is 1. The average molecular weight is 479 g/mol. The van der Waals surface area contributed by atoms with Crippen LogP contribution in [0.3, 0.4) is 0 Å². The molecule has 162 valence electrons. The maximum absolute atomic E-state index is 13.5. The Kier molecular flexibility index (Phi) is 8.16. The molecular formula is C18H17Cl2FN2O6S. The highest BCUT2D eigenvalue weighted by atomic mass is 35.5. The summed E-state index contributed by atoms with van der Waals surface area (Å²) in [7, 11) is -4.29. The second kappa shape index (κ2) is 10.2. The van der Waals surface area contributed by atoms with Gasteiger partial charge in [-0.1, -0.05) is 35.3 Å². The van der Waals surface area contributed by atoms with Crippen LogP contribution in [0, 0.1) is 5.82 Å². The zero-order chi connectivity index (χ0) is 22.5. The van der Waals surface area contributed by atoms with Gasteiger partial charge in [-0.25, -0.2) is 12.8 Å². The molecule has 2 aromatic carbocycles. The van der Waals surface area contributed by atoms with Gasteiger partial charge in [0.25, 0.3) is 5.91 Å². The minimum Gasteiger partial charge on any atom is -0.454 e. The van der Waals surface area contributed by atoms with Crippen molar-refractivity contribution in [2.75, 3.05) is 11.9 Å². The third kappa shape index (κ3) is 6.38. The molecule has 0 aromatic heterocycles. The summed E-state index contributed by atoms with van der Waals surface area (Å²) in [6.07, 6.45) is -1.50. The molecule has 8 nitrogen and oxygen atoms in total. The van der Waals surface area contributed by atoms with Gasteiger partial charge in [0.2, 0.25) is 10.0 Å². The Morgan fingerprint density at radius 3 is 2.43 bits per heavy atom. The number of rotatable bonds is 8. The van der Waals surface area contributed by atoms with E-state index >= 15 is 0 Å². The summed E-state index contributed by atoms with van der Waals surface area (Å²) in [5.41, 5.74) is -0.119. The van der Waals surface area contributed by atoms with E-state index in [1.54, 1.807) is 0 Å². The number of hydrogen-bond donors (Lipinski definition) is 3. The van der Waals surface area contributed by atoms with Gasteiger partial charge in [0.05, 0.1) is 26.7 Å². The lowest BCUT2D eigenvalue weighted by atomic mass is 10.2. The topological polar surface area (TPSA) is 122 Å². The molecule has 3 N–H and O–H groups in total. The molecule has 0 saturated heterocycles. The number of ether oxygens (including phenoxy) is 1. The van der Waals surface area contributed by atoms with Crippen LogP contribution in [0.25, 0.3) is 0 Å². The van der Waals surface area contributed by atoms with E-state index in [4.69, 9.17) is 27.9 Å². The van der Waals surface area contributed by atoms with Crippen LogP contribution in [-0.2, 0) is 24.3 Å². The molecule has 2 rings (SSSR count).